The molecule has 1 aromatic heterocycles. The van der Waals surface area contributed by atoms with Gasteiger partial charge in [0.15, 0.2) is 0 Å². The van der Waals surface area contributed by atoms with E-state index in [0.29, 0.717) is 0 Å². The lowest BCUT2D eigenvalue weighted by molar-refractivity contribution is -0.123. The van der Waals surface area contributed by atoms with Gasteiger partial charge in [-0.1, -0.05) is 30.3 Å². The highest BCUT2D eigenvalue weighted by Gasteiger charge is 2.46. The monoisotopic (exact) mass is 340 g/mol. The first-order valence-electron chi connectivity index (χ1n) is 9.00. The third kappa shape index (κ3) is 3.94. The molecule has 5 heteroatoms. The number of hydrogen-bond donors (Lipinski definition) is 1. The molecule has 0 spiro atoms. The fourth-order valence-electron chi connectivity index (χ4n) is 3.54. The third-order valence-corrected chi connectivity index (χ3v) is 5.10. The number of nitrogens with zero attached hydrogens (tertiary/aromatic N) is 1. The molecule has 2 heterocycles. The zero-order chi connectivity index (χ0) is 17.1. The van der Waals surface area contributed by atoms with Crippen LogP contribution in [0.25, 0.3) is 0 Å². The van der Waals surface area contributed by atoms with Crippen LogP contribution >= 0.6 is 0 Å². The number of ether oxygens (including phenoxy) is 1. The van der Waals surface area contributed by atoms with Crippen molar-refractivity contribution in [2.24, 2.45) is 5.92 Å². The summed E-state index contributed by atoms with van der Waals surface area (Å²) in [6, 6.07) is 14.1. The fraction of sp³-hybridized carbons (Fsp3) is 0.450. The molecule has 1 N–H and O–H groups in total. The van der Waals surface area contributed by atoms with Crippen molar-refractivity contribution in [3.8, 4) is 0 Å². The first-order chi connectivity index (χ1) is 12.3. The summed E-state index contributed by atoms with van der Waals surface area (Å²) in [5.74, 6) is 1.31. The maximum Gasteiger partial charge on any atom is 0.224 e. The molecule has 1 saturated heterocycles. The molecule has 5 nitrogen and oxygen atoms in total. The maximum absolute atomic E-state index is 12.7. The Morgan fingerprint density at radius 1 is 1.16 bits per heavy atom. The Morgan fingerprint density at radius 3 is 2.68 bits per heavy atom. The van der Waals surface area contributed by atoms with Gasteiger partial charge >= 0.3 is 0 Å². The van der Waals surface area contributed by atoms with E-state index in [-0.39, 0.29) is 23.8 Å². The molecule has 3 atom stereocenters. The molecule has 1 aliphatic heterocycles. The van der Waals surface area contributed by atoms with Gasteiger partial charge < -0.3 is 14.5 Å². The number of rotatable bonds is 6. The highest BCUT2D eigenvalue weighted by Crippen LogP contribution is 2.47. The maximum atomic E-state index is 12.7. The van der Waals surface area contributed by atoms with Gasteiger partial charge in [-0.3, -0.25) is 9.69 Å². The Labute approximate surface area is 148 Å². The van der Waals surface area contributed by atoms with E-state index in [1.807, 2.05) is 30.3 Å². The molecule has 2 fully saturated rings. The Balaban J connectivity index is 1.42. The summed E-state index contributed by atoms with van der Waals surface area (Å²) < 4.78 is 10.9. The van der Waals surface area contributed by atoms with Crippen molar-refractivity contribution in [1.82, 2.24) is 10.2 Å². The summed E-state index contributed by atoms with van der Waals surface area (Å²) in [7, 11) is 0. The van der Waals surface area contributed by atoms with E-state index in [4.69, 9.17) is 9.15 Å². The molecule has 1 aromatic carbocycles. The van der Waals surface area contributed by atoms with Crippen molar-refractivity contribution >= 4 is 5.91 Å². The topological polar surface area (TPSA) is 54.7 Å². The number of carbonyl (C=O) groups excluding carboxylic acids is 1. The first kappa shape index (κ1) is 16.4. The van der Waals surface area contributed by atoms with Gasteiger partial charge in [0.2, 0.25) is 5.91 Å². The Morgan fingerprint density at radius 2 is 1.96 bits per heavy atom. The van der Waals surface area contributed by atoms with Crippen LogP contribution in [0.15, 0.2) is 53.1 Å². The van der Waals surface area contributed by atoms with Gasteiger partial charge in [-0.2, -0.15) is 0 Å². The lowest BCUT2D eigenvalue weighted by atomic mass is 10.1. The summed E-state index contributed by atoms with van der Waals surface area (Å²) in [5, 5.41) is 3.27. The second-order valence-corrected chi connectivity index (χ2v) is 6.85. The van der Waals surface area contributed by atoms with Crippen LogP contribution in [0.4, 0.5) is 0 Å². The fourth-order valence-corrected chi connectivity index (χ4v) is 3.54. The molecule has 4 rings (SSSR count). The second kappa shape index (κ2) is 7.42. The van der Waals surface area contributed by atoms with E-state index >= 15 is 0 Å². The Kier molecular flexibility index (Phi) is 4.85. The molecule has 1 saturated carbocycles. The Bertz CT molecular complexity index is 680. The standard InChI is InChI=1S/C20H24N2O3/c23-20(17-13-16(17)19-7-4-10-25-19)21-18(15-5-2-1-3-6-15)14-22-8-11-24-12-9-22/h1-7,10,16-18H,8-9,11-14H2,(H,21,23)/t16-,17-,18+/m0/s1. The summed E-state index contributed by atoms with van der Waals surface area (Å²) >= 11 is 0. The highest BCUT2D eigenvalue weighted by atomic mass is 16.5. The molecule has 1 aliphatic carbocycles. The van der Waals surface area contributed by atoms with Crippen molar-refractivity contribution < 1.29 is 13.9 Å². The van der Waals surface area contributed by atoms with Crippen LogP contribution in [0.2, 0.25) is 0 Å². The van der Waals surface area contributed by atoms with Gasteiger partial charge in [0, 0.05) is 31.5 Å². The Hall–Kier alpha value is -2.11. The van der Waals surface area contributed by atoms with Gasteiger partial charge in [-0.25, -0.2) is 0 Å². The normalized spacial score (nSPS) is 24.6. The van der Waals surface area contributed by atoms with Gasteiger partial charge in [-0.05, 0) is 24.1 Å². The van der Waals surface area contributed by atoms with Crippen molar-refractivity contribution in [3.63, 3.8) is 0 Å². The van der Waals surface area contributed by atoms with Gasteiger partial charge in [-0.15, -0.1) is 0 Å². The molecule has 0 radical (unpaired) electrons. The molecule has 0 unspecified atom stereocenters. The van der Waals surface area contributed by atoms with Crippen LogP contribution in [-0.2, 0) is 9.53 Å². The van der Waals surface area contributed by atoms with Crippen LogP contribution in [0, 0.1) is 5.92 Å². The molecule has 2 aliphatic rings. The van der Waals surface area contributed by atoms with E-state index in [0.717, 1.165) is 50.6 Å². The van der Waals surface area contributed by atoms with Crippen molar-refractivity contribution in [2.45, 2.75) is 18.4 Å². The minimum Gasteiger partial charge on any atom is -0.469 e. The SMILES string of the molecule is O=C(N[C@H](CN1CCOCC1)c1ccccc1)[C@H]1C[C@@H]1c1ccco1. The number of amides is 1. The van der Waals surface area contributed by atoms with Crippen LogP contribution in [0.5, 0.6) is 0 Å². The smallest absolute Gasteiger partial charge is 0.224 e. The van der Waals surface area contributed by atoms with Crippen LogP contribution < -0.4 is 5.32 Å². The highest BCUT2D eigenvalue weighted by molar-refractivity contribution is 5.83. The van der Waals surface area contributed by atoms with E-state index in [1.54, 1.807) is 6.26 Å². The second-order valence-electron chi connectivity index (χ2n) is 6.85. The molecular formula is C20H24N2O3. The number of furan rings is 1. The van der Waals surface area contributed by atoms with Crippen LogP contribution in [0.3, 0.4) is 0 Å². The average Bonchev–Trinajstić information content (AvgIpc) is 3.28. The third-order valence-electron chi connectivity index (χ3n) is 5.10. The van der Waals surface area contributed by atoms with Gasteiger partial charge in [0.1, 0.15) is 5.76 Å². The molecule has 0 bridgehead atoms. The van der Waals surface area contributed by atoms with Gasteiger partial charge in [0.25, 0.3) is 0 Å². The number of carbonyl (C=O) groups is 1. The lowest BCUT2D eigenvalue weighted by Crippen LogP contribution is -2.43. The van der Waals surface area contributed by atoms with E-state index < -0.39 is 0 Å². The molecule has 1 amide bonds. The predicted molar refractivity (Wildman–Crippen MR) is 94.1 cm³/mol. The van der Waals surface area contributed by atoms with Gasteiger partial charge in [0.05, 0.1) is 25.5 Å². The number of nitrogens with one attached hydrogen (secondary N) is 1. The predicted octanol–water partition coefficient (Wildman–Crippen LogP) is 2.57. The first-order valence-corrected chi connectivity index (χ1v) is 9.00. The van der Waals surface area contributed by atoms with Crippen molar-refractivity contribution in [3.05, 3.63) is 60.1 Å². The zero-order valence-corrected chi connectivity index (χ0v) is 14.3. The summed E-state index contributed by atoms with van der Waals surface area (Å²) in [6.07, 6.45) is 2.55. The molecule has 132 valence electrons. The lowest BCUT2D eigenvalue weighted by Gasteiger charge is -2.31. The van der Waals surface area contributed by atoms with Crippen LogP contribution in [-0.4, -0.2) is 43.7 Å². The zero-order valence-electron chi connectivity index (χ0n) is 14.3. The largest absolute Gasteiger partial charge is 0.469 e. The number of hydrogen-bond acceptors (Lipinski definition) is 4. The summed E-state index contributed by atoms with van der Waals surface area (Å²) in [6.45, 7) is 4.17. The molecular weight excluding hydrogens is 316 g/mol. The summed E-state index contributed by atoms with van der Waals surface area (Å²) in [5.41, 5.74) is 1.15. The quantitative estimate of drug-likeness (QED) is 0.878. The van der Waals surface area contributed by atoms with Crippen molar-refractivity contribution in [1.29, 1.82) is 0 Å². The minimum absolute atomic E-state index is 0.00431. The molecule has 2 aromatic rings. The minimum atomic E-state index is 0.00431. The number of benzene rings is 1. The average molecular weight is 340 g/mol. The molecule has 25 heavy (non-hydrogen) atoms. The summed E-state index contributed by atoms with van der Waals surface area (Å²) in [4.78, 5) is 15.1. The van der Waals surface area contributed by atoms with E-state index in [9.17, 15) is 4.79 Å². The van der Waals surface area contributed by atoms with E-state index in [1.165, 1.54) is 0 Å². The number of morpholine rings is 1. The van der Waals surface area contributed by atoms with E-state index in [2.05, 4.69) is 22.3 Å². The van der Waals surface area contributed by atoms with Crippen molar-refractivity contribution in [2.75, 3.05) is 32.8 Å². The van der Waals surface area contributed by atoms with Crippen LogP contribution in [0.1, 0.15) is 29.7 Å².